The van der Waals surface area contributed by atoms with E-state index in [0.29, 0.717) is 0 Å². The van der Waals surface area contributed by atoms with Gasteiger partial charge in [0.05, 0.1) is 0 Å². The number of pyridine rings is 2. The van der Waals surface area contributed by atoms with Gasteiger partial charge in [0.25, 0.3) is 0 Å². The molecule has 0 atom stereocenters. The first-order chi connectivity index (χ1) is 7.36. The SMILES string of the molecule is [CH2]c1ncccc1CCc1ccncc1. The molecule has 75 valence electrons. The van der Waals surface area contributed by atoms with Crippen LogP contribution in [0.4, 0.5) is 0 Å². The molecule has 0 spiro atoms. The van der Waals surface area contributed by atoms with Crippen molar-refractivity contribution < 1.29 is 0 Å². The predicted molar refractivity (Wildman–Crippen MR) is 60.3 cm³/mol. The maximum atomic E-state index is 4.17. The first-order valence-corrected chi connectivity index (χ1v) is 5.01. The average Bonchev–Trinajstić information content (AvgIpc) is 2.29. The Morgan fingerprint density at radius 1 is 1.00 bits per heavy atom. The van der Waals surface area contributed by atoms with Crippen LogP contribution < -0.4 is 0 Å². The van der Waals surface area contributed by atoms with E-state index in [0.717, 1.165) is 18.5 Å². The topological polar surface area (TPSA) is 25.8 Å². The molecule has 0 aliphatic carbocycles. The number of nitrogens with zero attached hydrogens (tertiary/aromatic N) is 2. The van der Waals surface area contributed by atoms with Gasteiger partial charge in [-0.15, -0.1) is 0 Å². The van der Waals surface area contributed by atoms with Crippen molar-refractivity contribution in [1.29, 1.82) is 0 Å². The van der Waals surface area contributed by atoms with Crippen LogP contribution in [0.1, 0.15) is 16.8 Å². The Kier molecular flexibility index (Phi) is 3.08. The molecule has 0 saturated carbocycles. The number of rotatable bonds is 3. The van der Waals surface area contributed by atoms with E-state index in [-0.39, 0.29) is 0 Å². The molecule has 0 bridgehead atoms. The molecule has 2 heterocycles. The first kappa shape index (κ1) is 9.84. The predicted octanol–water partition coefficient (Wildman–Crippen LogP) is 2.44. The monoisotopic (exact) mass is 197 g/mol. The zero-order chi connectivity index (χ0) is 10.5. The summed E-state index contributed by atoms with van der Waals surface area (Å²) < 4.78 is 0. The lowest BCUT2D eigenvalue weighted by Gasteiger charge is -2.04. The van der Waals surface area contributed by atoms with Gasteiger partial charge >= 0.3 is 0 Å². The Bertz CT molecular complexity index is 424. The van der Waals surface area contributed by atoms with Gasteiger partial charge in [0.15, 0.2) is 0 Å². The van der Waals surface area contributed by atoms with Gasteiger partial charge in [-0.2, -0.15) is 0 Å². The summed E-state index contributed by atoms with van der Waals surface area (Å²) in [6.07, 6.45) is 7.42. The third-order valence-corrected chi connectivity index (χ3v) is 2.42. The number of aromatic nitrogens is 2. The molecule has 2 aromatic rings. The lowest BCUT2D eigenvalue weighted by molar-refractivity contribution is 0.937. The van der Waals surface area contributed by atoms with Gasteiger partial charge in [0, 0.05) is 24.3 Å². The standard InChI is InChI=1S/C13H13N2/c1-11-13(3-2-8-15-11)5-4-12-6-9-14-10-7-12/h2-3,6-10H,1,4-5H2. The van der Waals surface area contributed by atoms with Crippen molar-refractivity contribution in [3.05, 3.63) is 66.6 Å². The van der Waals surface area contributed by atoms with E-state index < -0.39 is 0 Å². The third kappa shape index (κ3) is 2.62. The van der Waals surface area contributed by atoms with Gasteiger partial charge in [0.1, 0.15) is 0 Å². The van der Waals surface area contributed by atoms with Gasteiger partial charge in [0.2, 0.25) is 0 Å². The van der Waals surface area contributed by atoms with E-state index in [1.165, 1.54) is 11.1 Å². The minimum atomic E-state index is 0.881. The summed E-state index contributed by atoms with van der Waals surface area (Å²) in [6, 6.07) is 8.12. The van der Waals surface area contributed by atoms with E-state index in [9.17, 15) is 0 Å². The molecule has 2 heteroatoms. The third-order valence-electron chi connectivity index (χ3n) is 2.42. The lowest BCUT2D eigenvalue weighted by atomic mass is 10.0. The second-order valence-corrected chi connectivity index (χ2v) is 3.46. The van der Waals surface area contributed by atoms with Gasteiger partial charge in [-0.1, -0.05) is 6.07 Å². The summed E-state index contributed by atoms with van der Waals surface area (Å²) in [6.45, 7) is 3.91. The van der Waals surface area contributed by atoms with Crippen molar-refractivity contribution in [2.24, 2.45) is 0 Å². The molecular formula is C13H13N2. The summed E-state index contributed by atoms with van der Waals surface area (Å²) >= 11 is 0. The molecule has 0 aliphatic heterocycles. The largest absolute Gasteiger partial charge is 0.265 e. The Labute approximate surface area is 90.0 Å². The van der Waals surface area contributed by atoms with E-state index in [2.05, 4.69) is 23.0 Å². The summed E-state index contributed by atoms with van der Waals surface area (Å²) in [5, 5.41) is 0. The minimum Gasteiger partial charge on any atom is -0.265 e. The van der Waals surface area contributed by atoms with Crippen LogP contribution in [-0.2, 0) is 12.8 Å². The molecule has 0 aliphatic rings. The molecule has 0 saturated heterocycles. The molecule has 0 fully saturated rings. The maximum Gasteiger partial charge on any atom is 0.0439 e. The van der Waals surface area contributed by atoms with E-state index >= 15 is 0 Å². The molecule has 0 amide bonds. The van der Waals surface area contributed by atoms with Crippen molar-refractivity contribution in [2.45, 2.75) is 12.8 Å². The fourth-order valence-electron chi connectivity index (χ4n) is 1.53. The quantitative estimate of drug-likeness (QED) is 0.755. The maximum absolute atomic E-state index is 4.17. The van der Waals surface area contributed by atoms with Crippen LogP contribution in [-0.4, -0.2) is 9.97 Å². The Morgan fingerprint density at radius 2 is 1.80 bits per heavy atom. The number of aryl methyl sites for hydroxylation is 2. The van der Waals surface area contributed by atoms with Crippen LogP contribution in [0.5, 0.6) is 0 Å². The average molecular weight is 197 g/mol. The Balaban J connectivity index is 2.03. The summed E-state index contributed by atoms with van der Waals surface area (Å²) in [5.74, 6) is 0. The molecule has 2 aromatic heterocycles. The zero-order valence-electron chi connectivity index (χ0n) is 8.56. The Hall–Kier alpha value is -1.70. The molecular weight excluding hydrogens is 184 g/mol. The van der Waals surface area contributed by atoms with Crippen molar-refractivity contribution in [1.82, 2.24) is 9.97 Å². The van der Waals surface area contributed by atoms with Gasteiger partial charge < -0.3 is 0 Å². The lowest BCUT2D eigenvalue weighted by Crippen LogP contribution is -1.95. The van der Waals surface area contributed by atoms with Crippen LogP contribution in [0.15, 0.2) is 42.9 Å². The molecule has 15 heavy (non-hydrogen) atoms. The highest BCUT2D eigenvalue weighted by Gasteiger charge is 1.98. The highest BCUT2D eigenvalue weighted by Crippen LogP contribution is 2.08. The van der Waals surface area contributed by atoms with Crippen LogP contribution >= 0.6 is 0 Å². The summed E-state index contributed by atoms with van der Waals surface area (Å²) in [7, 11) is 0. The summed E-state index contributed by atoms with van der Waals surface area (Å²) in [4.78, 5) is 8.16. The molecule has 0 aromatic carbocycles. The van der Waals surface area contributed by atoms with E-state index in [1.807, 2.05) is 30.6 Å². The highest BCUT2D eigenvalue weighted by atomic mass is 14.7. The van der Waals surface area contributed by atoms with Gasteiger partial charge in [-0.3, -0.25) is 9.97 Å². The van der Waals surface area contributed by atoms with Crippen molar-refractivity contribution in [3.8, 4) is 0 Å². The second-order valence-electron chi connectivity index (χ2n) is 3.46. The van der Waals surface area contributed by atoms with Gasteiger partial charge in [-0.25, -0.2) is 0 Å². The van der Waals surface area contributed by atoms with Crippen molar-refractivity contribution in [3.63, 3.8) is 0 Å². The second kappa shape index (κ2) is 4.69. The number of hydrogen-bond acceptors (Lipinski definition) is 2. The summed E-state index contributed by atoms with van der Waals surface area (Å²) in [5.41, 5.74) is 3.40. The van der Waals surface area contributed by atoms with Crippen LogP contribution in [0.3, 0.4) is 0 Å². The van der Waals surface area contributed by atoms with Crippen molar-refractivity contribution >= 4 is 0 Å². The smallest absolute Gasteiger partial charge is 0.0439 e. The van der Waals surface area contributed by atoms with Crippen LogP contribution in [0.25, 0.3) is 0 Å². The molecule has 2 nitrogen and oxygen atoms in total. The number of hydrogen-bond donors (Lipinski definition) is 0. The first-order valence-electron chi connectivity index (χ1n) is 5.01. The fourth-order valence-corrected chi connectivity index (χ4v) is 1.53. The fraction of sp³-hybridized carbons (Fsp3) is 0.154. The Morgan fingerprint density at radius 3 is 2.53 bits per heavy atom. The van der Waals surface area contributed by atoms with E-state index in [4.69, 9.17) is 0 Å². The molecule has 0 N–H and O–H groups in total. The van der Waals surface area contributed by atoms with Crippen molar-refractivity contribution in [2.75, 3.05) is 0 Å². The normalized spacial score (nSPS) is 10.2. The molecule has 2 rings (SSSR count). The van der Waals surface area contributed by atoms with E-state index in [1.54, 1.807) is 6.20 Å². The van der Waals surface area contributed by atoms with Gasteiger partial charge in [-0.05, 0) is 49.1 Å². The zero-order valence-corrected chi connectivity index (χ0v) is 8.56. The minimum absolute atomic E-state index is 0.881. The van der Waals surface area contributed by atoms with Crippen LogP contribution in [0, 0.1) is 6.92 Å². The van der Waals surface area contributed by atoms with Crippen LogP contribution in [0.2, 0.25) is 0 Å². The molecule has 1 radical (unpaired) electrons. The molecule has 0 unspecified atom stereocenters. The highest BCUT2D eigenvalue weighted by molar-refractivity contribution is 5.23.